The standard InChI is InChI=1S/C36H67NO4.BrH/c1-8-9-10-11-12-13-14-15-16-17-26-37(29-35(38)40-27-24-33(6)22-18-20-31(2)3)30-36(39)41-28-25-34(7)23-19-21-32(4)5;/h20-21,33-34H,8-19,22-30H2,1-7H3;1H. The van der Waals surface area contributed by atoms with Gasteiger partial charge in [-0.3, -0.25) is 14.5 Å². The maximum atomic E-state index is 12.6. The van der Waals surface area contributed by atoms with Crippen molar-refractivity contribution in [1.82, 2.24) is 4.90 Å². The van der Waals surface area contributed by atoms with Crippen LogP contribution in [0.3, 0.4) is 0 Å². The zero-order valence-corrected chi connectivity index (χ0v) is 30.4. The van der Waals surface area contributed by atoms with Gasteiger partial charge in [-0.15, -0.1) is 17.0 Å². The van der Waals surface area contributed by atoms with E-state index in [9.17, 15) is 9.59 Å². The van der Waals surface area contributed by atoms with Crippen LogP contribution in [0, 0.1) is 11.8 Å². The van der Waals surface area contributed by atoms with Crippen LogP contribution in [0.15, 0.2) is 23.3 Å². The molecule has 0 saturated carbocycles. The summed E-state index contributed by atoms with van der Waals surface area (Å²) in [6.07, 6.45) is 23.2. The van der Waals surface area contributed by atoms with E-state index in [1.807, 2.05) is 4.90 Å². The number of allylic oxidation sites excluding steroid dienone is 4. The second-order valence-electron chi connectivity index (χ2n) is 12.8. The van der Waals surface area contributed by atoms with E-state index in [4.69, 9.17) is 9.47 Å². The van der Waals surface area contributed by atoms with Crippen molar-refractivity contribution in [2.75, 3.05) is 32.8 Å². The summed E-state index contributed by atoms with van der Waals surface area (Å²) < 4.78 is 11.1. The number of carbonyl (C=O) groups is 2. The zero-order chi connectivity index (χ0) is 30.7. The van der Waals surface area contributed by atoms with E-state index >= 15 is 0 Å². The lowest BCUT2D eigenvalue weighted by molar-refractivity contribution is -0.149. The third-order valence-corrected chi connectivity index (χ3v) is 7.70. The van der Waals surface area contributed by atoms with Crippen molar-refractivity contribution < 1.29 is 19.1 Å². The average molecular weight is 659 g/mol. The maximum Gasteiger partial charge on any atom is 0.320 e. The summed E-state index contributed by atoms with van der Waals surface area (Å²) in [7, 11) is 0. The molecular formula is C36H68BrNO4. The molecule has 0 radical (unpaired) electrons. The Balaban J connectivity index is 0. The highest BCUT2D eigenvalue weighted by molar-refractivity contribution is 8.93. The van der Waals surface area contributed by atoms with E-state index in [0.29, 0.717) is 25.0 Å². The summed E-state index contributed by atoms with van der Waals surface area (Å²) in [6, 6.07) is 0. The molecule has 0 bridgehead atoms. The fourth-order valence-corrected chi connectivity index (χ4v) is 4.84. The smallest absolute Gasteiger partial charge is 0.320 e. The third kappa shape index (κ3) is 30.3. The Morgan fingerprint density at radius 1 is 0.619 bits per heavy atom. The Morgan fingerprint density at radius 3 is 1.38 bits per heavy atom. The van der Waals surface area contributed by atoms with E-state index in [-0.39, 0.29) is 42.0 Å². The first-order valence-corrected chi connectivity index (χ1v) is 16.9. The van der Waals surface area contributed by atoms with Crippen molar-refractivity contribution in [1.29, 1.82) is 0 Å². The third-order valence-electron chi connectivity index (χ3n) is 7.70. The molecule has 0 amide bonds. The number of esters is 2. The predicted octanol–water partition coefficient (Wildman–Crippen LogP) is 10.4. The van der Waals surface area contributed by atoms with Gasteiger partial charge in [0.25, 0.3) is 0 Å². The van der Waals surface area contributed by atoms with Gasteiger partial charge in [-0.2, -0.15) is 0 Å². The number of halogens is 1. The monoisotopic (exact) mass is 657 g/mol. The molecule has 0 saturated heterocycles. The summed E-state index contributed by atoms with van der Waals surface area (Å²) in [5, 5.41) is 0. The van der Waals surface area contributed by atoms with Gasteiger partial charge in [0.2, 0.25) is 0 Å². The average Bonchev–Trinajstić information content (AvgIpc) is 2.89. The summed E-state index contributed by atoms with van der Waals surface area (Å²) in [4.78, 5) is 27.2. The molecule has 0 N–H and O–H groups in total. The van der Waals surface area contributed by atoms with Crippen LogP contribution in [0.2, 0.25) is 0 Å². The van der Waals surface area contributed by atoms with Gasteiger partial charge in [0.15, 0.2) is 0 Å². The number of carbonyl (C=O) groups excluding carboxylic acids is 2. The molecule has 0 aromatic carbocycles. The first kappa shape index (κ1) is 43.0. The molecule has 2 unspecified atom stereocenters. The van der Waals surface area contributed by atoms with Gasteiger partial charge in [0, 0.05) is 0 Å². The van der Waals surface area contributed by atoms with Crippen molar-refractivity contribution in [2.24, 2.45) is 11.8 Å². The highest BCUT2D eigenvalue weighted by atomic mass is 79.9. The highest BCUT2D eigenvalue weighted by Gasteiger charge is 2.17. The molecule has 6 heteroatoms. The van der Waals surface area contributed by atoms with Gasteiger partial charge in [0.1, 0.15) is 0 Å². The molecule has 0 fully saturated rings. The summed E-state index contributed by atoms with van der Waals surface area (Å²) >= 11 is 0. The van der Waals surface area contributed by atoms with E-state index < -0.39 is 0 Å². The topological polar surface area (TPSA) is 55.8 Å². The fraction of sp³-hybridized carbons (Fsp3) is 0.833. The lowest BCUT2D eigenvalue weighted by Crippen LogP contribution is -2.37. The molecule has 42 heavy (non-hydrogen) atoms. The Hall–Kier alpha value is -1.14. The van der Waals surface area contributed by atoms with E-state index in [1.54, 1.807) is 0 Å². The Kier molecular flexibility index (Phi) is 30.6. The van der Waals surface area contributed by atoms with E-state index in [2.05, 4.69) is 60.6 Å². The number of rotatable bonds is 27. The Bertz CT molecular complexity index is 665. The minimum Gasteiger partial charge on any atom is -0.465 e. The summed E-state index contributed by atoms with van der Waals surface area (Å²) in [6.45, 7) is 17.1. The second kappa shape index (κ2) is 29.9. The fourth-order valence-electron chi connectivity index (χ4n) is 4.84. The molecule has 0 aliphatic carbocycles. The van der Waals surface area contributed by atoms with Crippen molar-refractivity contribution in [2.45, 2.75) is 151 Å². The molecular weight excluding hydrogens is 590 g/mol. The van der Waals surface area contributed by atoms with Crippen LogP contribution < -0.4 is 0 Å². The first-order valence-electron chi connectivity index (χ1n) is 16.9. The van der Waals surface area contributed by atoms with Gasteiger partial charge in [-0.1, -0.05) is 102 Å². The normalized spacial score (nSPS) is 12.3. The van der Waals surface area contributed by atoms with Crippen molar-refractivity contribution in [3.05, 3.63) is 23.3 Å². The number of hydrogen-bond acceptors (Lipinski definition) is 5. The van der Waals surface area contributed by atoms with Crippen LogP contribution in [0.4, 0.5) is 0 Å². The van der Waals surface area contributed by atoms with E-state index in [1.165, 1.54) is 62.5 Å². The largest absolute Gasteiger partial charge is 0.465 e. The summed E-state index contributed by atoms with van der Waals surface area (Å²) in [5.41, 5.74) is 2.69. The molecule has 248 valence electrons. The first-order chi connectivity index (χ1) is 19.6. The SMILES string of the molecule is Br.CCCCCCCCCCCCN(CC(=O)OCCC(C)CCC=C(C)C)CC(=O)OCCC(C)CCC=C(C)C. The van der Waals surface area contributed by atoms with Crippen LogP contribution in [0.5, 0.6) is 0 Å². The molecule has 0 aromatic heterocycles. The van der Waals surface area contributed by atoms with Gasteiger partial charge in [0.05, 0.1) is 26.3 Å². The lowest BCUT2D eigenvalue weighted by atomic mass is 10.0. The molecule has 0 heterocycles. The molecule has 2 atom stereocenters. The van der Waals surface area contributed by atoms with Crippen LogP contribution in [0.1, 0.15) is 151 Å². The van der Waals surface area contributed by atoms with Gasteiger partial charge >= 0.3 is 11.9 Å². The van der Waals surface area contributed by atoms with Crippen molar-refractivity contribution >= 4 is 28.9 Å². The minimum atomic E-state index is -0.241. The molecule has 0 aliphatic rings. The Labute approximate surface area is 271 Å². The van der Waals surface area contributed by atoms with Crippen LogP contribution >= 0.6 is 17.0 Å². The number of ether oxygens (including phenoxy) is 2. The van der Waals surface area contributed by atoms with Crippen molar-refractivity contribution in [3.63, 3.8) is 0 Å². The quantitative estimate of drug-likeness (QED) is 0.0499. The molecule has 0 aliphatic heterocycles. The van der Waals surface area contributed by atoms with E-state index in [0.717, 1.165) is 57.9 Å². The number of unbranched alkanes of at least 4 members (excludes halogenated alkanes) is 9. The van der Waals surface area contributed by atoms with Crippen LogP contribution in [0.25, 0.3) is 0 Å². The second-order valence-corrected chi connectivity index (χ2v) is 12.8. The number of hydrogen-bond donors (Lipinski definition) is 0. The summed E-state index contributed by atoms with van der Waals surface area (Å²) in [5.74, 6) is 0.546. The van der Waals surface area contributed by atoms with Gasteiger partial charge in [-0.25, -0.2) is 0 Å². The lowest BCUT2D eigenvalue weighted by Gasteiger charge is -2.21. The zero-order valence-electron chi connectivity index (χ0n) is 28.6. The highest BCUT2D eigenvalue weighted by Crippen LogP contribution is 2.14. The molecule has 0 rings (SSSR count). The predicted molar refractivity (Wildman–Crippen MR) is 185 cm³/mol. The van der Waals surface area contributed by atoms with Crippen molar-refractivity contribution in [3.8, 4) is 0 Å². The number of nitrogens with zero attached hydrogens (tertiary/aromatic N) is 1. The molecule has 0 spiro atoms. The molecule has 0 aromatic rings. The minimum absolute atomic E-state index is 0. The Morgan fingerprint density at radius 2 is 1.00 bits per heavy atom. The van der Waals surface area contributed by atoms with Crippen LogP contribution in [-0.2, 0) is 19.1 Å². The maximum absolute atomic E-state index is 12.6. The van der Waals surface area contributed by atoms with Gasteiger partial charge < -0.3 is 9.47 Å². The molecule has 5 nitrogen and oxygen atoms in total. The van der Waals surface area contributed by atoms with Gasteiger partial charge in [-0.05, 0) is 91.0 Å². The van der Waals surface area contributed by atoms with Crippen LogP contribution in [-0.4, -0.2) is 49.7 Å².